The third-order valence-corrected chi connectivity index (χ3v) is 0.698. The van der Waals surface area contributed by atoms with Crippen LogP contribution in [0.4, 0.5) is 0 Å². The SMILES string of the molecule is C=Nn1on1/C=C/C. The lowest BCUT2D eigenvalue weighted by Gasteiger charge is -1.65. The fourth-order valence-electron chi connectivity index (χ4n) is 0.358. The zero-order valence-corrected chi connectivity index (χ0v) is 4.61. The van der Waals surface area contributed by atoms with E-state index in [9.17, 15) is 0 Å². The second-order valence-corrected chi connectivity index (χ2v) is 1.26. The molecule has 0 aliphatic heterocycles. The second-order valence-electron chi connectivity index (χ2n) is 1.26. The maximum Gasteiger partial charge on any atom is 0.0671 e. The summed E-state index contributed by atoms with van der Waals surface area (Å²) in [5.74, 6) is 0. The molecule has 44 valence electrons. The van der Waals surface area contributed by atoms with Crippen molar-refractivity contribution in [3.05, 3.63) is 6.08 Å². The molecule has 0 aromatic carbocycles. The number of aromatic nitrogens is 2. The van der Waals surface area contributed by atoms with Gasteiger partial charge < -0.3 is 0 Å². The van der Waals surface area contributed by atoms with Gasteiger partial charge in [0.25, 0.3) is 0 Å². The van der Waals surface area contributed by atoms with Gasteiger partial charge in [-0.2, -0.15) is 0 Å². The summed E-state index contributed by atoms with van der Waals surface area (Å²) in [5, 5.41) is 3.44. The highest BCUT2D eigenvalue weighted by molar-refractivity contribution is 5.23. The molecule has 0 N–H and O–H groups in total. The Kier molecular flexibility index (Phi) is 1.07. The molecular formula is C4H7N3O. The first-order chi connectivity index (χ1) is 3.88. The van der Waals surface area contributed by atoms with Crippen LogP contribution in [-0.4, -0.2) is 16.5 Å². The van der Waals surface area contributed by atoms with Crippen molar-refractivity contribution in [3.8, 4) is 0 Å². The lowest BCUT2D eigenvalue weighted by atomic mass is 10.7. The van der Waals surface area contributed by atoms with Crippen molar-refractivity contribution >= 4 is 12.9 Å². The Hall–Kier alpha value is -1.19. The molecule has 1 rings (SSSR count). The lowest BCUT2D eigenvalue weighted by molar-refractivity contribution is 0.454. The molecule has 0 saturated carbocycles. The Morgan fingerprint density at radius 1 is 1.75 bits per heavy atom. The highest BCUT2D eigenvalue weighted by atomic mass is 16.8. The highest BCUT2D eigenvalue weighted by Gasteiger charge is 2.00. The van der Waals surface area contributed by atoms with E-state index in [-0.39, 0.29) is 0 Å². The Labute approximate surface area is 46.6 Å². The van der Waals surface area contributed by atoms with Crippen LogP contribution in [0.2, 0.25) is 0 Å². The zero-order valence-electron chi connectivity index (χ0n) is 4.61. The van der Waals surface area contributed by atoms with Crippen molar-refractivity contribution in [1.29, 1.82) is 0 Å². The molecule has 1 aromatic rings. The van der Waals surface area contributed by atoms with E-state index in [2.05, 4.69) is 16.4 Å². The first kappa shape index (κ1) is 4.96. The van der Waals surface area contributed by atoms with Gasteiger partial charge in [-0.1, -0.05) is 6.08 Å². The van der Waals surface area contributed by atoms with Crippen LogP contribution in [0.5, 0.6) is 0 Å². The smallest absolute Gasteiger partial charge is 0.0671 e. The van der Waals surface area contributed by atoms with Gasteiger partial charge in [0.2, 0.25) is 0 Å². The Morgan fingerprint density at radius 3 is 2.88 bits per heavy atom. The monoisotopic (exact) mass is 113 g/mol. The molecule has 0 aliphatic carbocycles. The van der Waals surface area contributed by atoms with E-state index in [1.807, 2.05) is 13.0 Å². The number of nitrogens with zero attached hydrogens (tertiary/aromatic N) is 3. The van der Waals surface area contributed by atoms with Crippen LogP contribution in [0, 0.1) is 0 Å². The molecule has 4 nitrogen and oxygen atoms in total. The second kappa shape index (κ2) is 1.73. The van der Waals surface area contributed by atoms with Crippen molar-refractivity contribution in [2.75, 3.05) is 0 Å². The predicted octanol–water partition coefficient (Wildman–Crippen LogP) is 0.837. The summed E-state index contributed by atoms with van der Waals surface area (Å²) in [5.41, 5.74) is 0. The minimum Gasteiger partial charge on any atom is -0.224 e. The minimum atomic E-state index is 1.26. The van der Waals surface area contributed by atoms with E-state index in [0.717, 1.165) is 0 Å². The maximum absolute atomic E-state index is 4.66. The van der Waals surface area contributed by atoms with E-state index in [1.54, 1.807) is 6.20 Å². The fourth-order valence-corrected chi connectivity index (χ4v) is 0.358. The molecule has 0 bridgehead atoms. The van der Waals surface area contributed by atoms with Crippen LogP contribution in [0.3, 0.4) is 0 Å². The van der Waals surface area contributed by atoms with Crippen LogP contribution in [0.25, 0.3) is 6.20 Å². The molecule has 0 saturated heterocycles. The van der Waals surface area contributed by atoms with Gasteiger partial charge in [0.1, 0.15) is 0 Å². The highest BCUT2D eigenvalue weighted by Crippen LogP contribution is 1.95. The summed E-state index contributed by atoms with van der Waals surface area (Å²) in [7, 11) is 0. The van der Waals surface area contributed by atoms with Gasteiger partial charge in [-0.15, -0.1) is 5.10 Å². The topological polar surface area (TPSA) is 35.4 Å². The maximum atomic E-state index is 4.66. The van der Waals surface area contributed by atoms with Gasteiger partial charge in [0, 0.05) is 11.7 Å². The first-order valence-electron chi connectivity index (χ1n) is 2.25. The molecule has 0 atom stereocenters. The van der Waals surface area contributed by atoms with Gasteiger partial charge in [0.15, 0.2) is 0 Å². The van der Waals surface area contributed by atoms with Crippen LogP contribution < -0.4 is 0 Å². The molecule has 0 amide bonds. The van der Waals surface area contributed by atoms with Gasteiger partial charge in [0.05, 0.1) is 6.20 Å². The molecular weight excluding hydrogens is 106 g/mol. The van der Waals surface area contributed by atoms with Gasteiger partial charge >= 0.3 is 0 Å². The Bertz CT molecular complexity index is 190. The summed E-state index contributed by atoms with van der Waals surface area (Å²) >= 11 is 0. The molecule has 0 unspecified atom stereocenters. The van der Waals surface area contributed by atoms with Crippen molar-refractivity contribution in [2.45, 2.75) is 6.92 Å². The summed E-state index contributed by atoms with van der Waals surface area (Å²) in [6, 6.07) is 0. The molecule has 4 heteroatoms. The Morgan fingerprint density at radius 2 is 2.50 bits per heavy atom. The molecule has 8 heavy (non-hydrogen) atoms. The van der Waals surface area contributed by atoms with Crippen LogP contribution in [0.1, 0.15) is 6.92 Å². The van der Waals surface area contributed by atoms with Crippen LogP contribution in [-0.2, 0) is 0 Å². The van der Waals surface area contributed by atoms with Crippen molar-refractivity contribution in [3.63, 3.8) is 0 Å². The van der Waals surface area contributed by atoms with E-state index >= 15 is 0 Å². The van der Waals surface area contributed by atoms with Crippen molar-refractivity contribution in [1.82, 2.24) is 9.82 Å². The third kappa shape index (κ3) is 0.726. The number of hydrogen-bond donors (Lipinski definition) is 0. The number of allylic oxidation sites excluding steroid dienone is 1. The normalized spacial score (nSPS) is 11.1. The average molecular weight is 113 g/mol. The van der Waals surface area contributed by atoms with Crippen LogP contribution in [0.15, 0.2) is 15.8 Å². The molecule has 1 aromatic heterocycles. The summed E-state index contributed by atoms with van der Waals surface area (Å²) in [6.07, 6.45) is 3.57. The van der Waals surface area contributed by atoms with Gasteiger partial charge in [-0.05, 0) is 11.8 Å². The standard InChI is InChI=1S/C4H7N3O/c1-3-4-6-7(5-2)8-6/h3-4H,2H2,1H3/b4-3+. The average Bonchev–Trinajstić information content (AvgIpc) is 2.48. The predicted molar refractivity (Wildman–Crippen MR) is 30.6 cm³/mol. The third-order valence-electron chi connectivity index (χ3n) is 0.698. The molecule has 0 spiro atoms. The van der Waals surface area contributed by atoms with E-state index in [4.69, 9.17) is 0 Å². The minimum absolute atomic E-state index is 1.26. The Balaban J connectivity index is 2.55. The van der Waals surface area contributed by atoms with Gasteiger partial charge in [-0.25, -0.2) is 4.63 Å². The molecule has 0 fully saturated rings. The number of rotatable bonds is 2. The van der Waals surface area contributed by atoms with Gasteiger partial charge in [-0.3, -0.25) is 0 Å². The summed E-state index contributed by atoms with van der Waals surface area (Å²) in [4.78, 5) is 2.72. The quantitative estimate of drug-likeness (QED) is 0.523. The lowest BCUT2D eigenvalue weighted by Crippen LogP contribution is -1.75. The molecule has 0 radical (unpaired) electrons. The molecule has 0 aliphatic rings. The zero-order chi connectivity index (χ0) is 5.98. The van der Waals surface area contributed by atoms with E-state index in [0.29, 0.717) is 0 Å². The van der Waals surface area contributed by atoms with E-state index in [1.165, 1.54) is 9.82 Å². The summed E-state index contributed by atoms with van der Waals surface area (Å²) < 4.78 is 4.66. The largest absolute Gasteiger partial charge is 0.224 e. The van der Waals surface area contributed by atoms with Crippen molar-refractivity contribution in [2.24, 2.45) is 5.10 Å². The summed E-state index contributed by atoms with van der Waals surface area (Å²) in [6.45, 7) is 5.12. The van der Waals surface area contributed by atoms with Crippen molar-refractivity contribution < 1.29 is 4.63 Å². The molecule has 1 heterocycles. The van der Waals surface area contributed by atoms with E-state index < -0.39 is 0 Å². The van der Waals surface area contributed by atoms with Crippen LogP contribution >= 0.6 is 0 Å². The number of hydrogen-bond acceptors (Lipinski definition) is 2. The fraction of sp³-hybridized carbons (Fsp3) is 0.250. The first-order valence-corrected chi connectivity index (χ1v) is 2.25.